The van der Waals surface area contributed by atoms with Crippen molar-refractivity contribution in [1.82, 2.24) is 4.90 Å². The fourth-order valence-corrected chi connectivity index (χ4v) is 1.36. The Morgan fingerprint density at radius 3 is 2.33 bits per heavy atom. The number of Topliss-reactive ketones (excluding diaryl/α,β-unsaturated/α-hetero) is 1. The first-order chi connectivity index (χ1) is 6.99. The summed E-state index contributed by atoms with van der Waals surface area (Å²) >= 11 is 0. The lowest BCUT2D eigenvalue weighted by Crippen LogP contribution is -2.39. The molecule has 1 N–H and O–H groups in total. The van der Waals surface area contributed by atoms with Gasteiger partial charge in [0.05, 0.1) is 12.5 Å². The summed E-state index contributed by atoms with van der Waals surface area (Å²) < 4.78 is 0. The molecular formula is C11H21NO3. The van der Waals surface area contributed by atoms with Gasteiger partial charge in [0.15, 0.2) is 0 Å². The molecular weight excluding hydrogens is 194 g/mol. The Morgan fingerprint density at radius 1 is 1.33 bits per heavy atom. The van der Waals surface area contributed by atoms with Crippen molar-refractivity contribution < 1.29 is 14.7 Å². The Morgan fingerprint density at radius 2 is 1.93 bits per heavy atom. The van der Waals surface area contributed by atoms with E-state index < -0.39 is 5.97 Å². The van der Waals surface area contributed by atoms with E-state index in [0.29, 0.717) is 6.54 Å². The Bertz CT molecular complexity index is 216. The van der Waals surface area contributed by atoms with Crippen LogP contribution < -0.4 is 0 Å². The van der Waals surface area contributed by atoms with E-state index in [-0.39, 0.29) is 18.2 Å². The first kappa shape index (κ1) is 14.1. The van der Waals surface area contributed by atoms with Gasteiger partial charge in [-0.25, -0.2) is 0 Å². The van der Waals surface area contributed by atoms with Crippen LogP contribution in [0.2, 0.25) is 0 Å². The number of aliphatic carboxylic acids is 1. The summed E-state index contributed by atoms with van der Waals surface area (Å²) in [5.74, 6) is -0.719. The van der Waals surface area contributed by atoms with Gasteiger partial charge in [-0.3, -0.25) is 14.5 Å². The highest BCUT2D eigenvalue weighted by Crippen LogP contribution is 2.04. The molecule has 0 aromatic heterocycles. The van der Waals surface area contributed by atoms with Gasteiger partial charge in [-0.2, -0.15) is 0 Å². The lowest BCUT2D eigenvalue weighted by molar-refractivity contribution is -0.138. The van der Waals surface area contributed by atoms with E-state index in [1.807, 2.05) is 11.8 Å². The van der Waals surface area contributed by atoms with Crippen molar-refractivity contribution in [1.29, 1.82) is 0 Å². The molecule has 1 unspecified atom stereocenters. The van der Waals surface area contributed by atoms with E-state index in [0.717, 1.165) is 19.4 Å². The van der Waals surface area contributed by atoms with Crippen LogP contribution in [0.1, 0.15) is 40.0 Å². The molecule has 0 aromatic rings. The summed E-state index contributed by atoms with van der Waals surface area (Å²) in [6.07, 6.45) is 2.15. The number of rotatable bonds is 8. The van der Waals surface area contributed by atoms with Crippen LogP contribution >= 0.6 is 0 Å². The van der Waals surface area contributed by atoms with Crippen LogP contribution in [0.5, 0.6) is 0 Å². The Hall–Kier alpha value is -0.900. The van der Waals surface area contributed by atoms with Crippen LogP contribution in [-0.2, 0) is 9.59 Å². The minimum atomic E-state index is -0.813. The molecule has 15 heavy (non-hydrogen) atoms. The van der Waals surface area contributed by atoms with Crippen LogP contribution in [0, 0.1) is 0 Å². The summed E-state index contributed by atoms with van der Waals surface area (Å²) in [4.78, 5) is 23.6. The number of carbonyl (C=O) groups is 2. The van der Waals surface area contributed by atoms with Crippen molar-refractivity contribution in [2.45, 2.75) is 46.1 Å². The largest absolute Gasteiger partial charge is 0.481 e. The van der Waals surface area contributed by atoms with Gasteiger partial charge in [-0.15, -0.1) is 0 Å². The minimum absolute atomic E-state index is 0.0940. The third kappa shape index (κ3) is 6.23. The normalized spacial score (nSPS) is 12.8. The molecule has 4 heteroatoms. The summed E-state index contributed by atoms with van der Waals surface area (Å²) in [5, 5.41) is 8.60. The molecule has 4 nitrogen and oxygen atoms in total. The summed E-state index contributed by atoms with van der Waals surface area (Å²) in [6, 6.07) is -0.170. The van der Waals surface area contributed by atoms with Crippen LogP contribution in [0.25, 0.3) is 0 Å². The van der Waals surface area contributed by atoms with Gasteiger partial charge in [0.25, 0.3) is 0 Å². The molecule has 0 aliphatic heterocycles. The first-order valence-electron chi connectivity index (χ1n) is 5.45. The second-order valence-electron chi connectivity index (χ2n) is 3.82. The van der Waals surface area contributed by atoms with E-state index in [1.54, 1.807) is 6.92 Å². The van der Waals surface area contributed by atoms with Gasteiger partial charge >= 0.3 is 5.97 Å². The fourth-order valence-electron chi connectivity index (χ4n) is 1.36. The molecule has 0 aliphatic carbocycles. The standard InChI is InChI=1S/C11H21NO3/c1-4-5-7-12(8-6-11(14)15)9(2)10(3)13/h9H,4-8H2,1-3H3,(H,14,15). The second-order valence-corrected chi connectivity index (χ2v) is 3.82. The zero-order valence-corrected chi connectivity index (χ0v) is 9.82. The first-order valence-corrected chi connectivity index (χ1v) is 5.45. The maximum atomic E-state index is 11.2. The van der Waals surface area contributed by atoms with Crippen molar-refractivity contribution in [3.8, 4) is 0 Å². The van der Waals surface area contributed by atoms with Crippen LogP contribution in [-0.4, -0.2) is 40.9 Å². The number of ketones is 1. The van der Waals surface area contributed by atoms with Crippen molar-refractivity contribution in [2.75, 3.05) is 13.1 Å². The Kier molecular flexibility index (Phi) is 6.96. The van der Waals surface area contributed by atoms with Gasteiger partial charge in [0, 0.05) is 6.54 Å². The molecule has 0 heterocycles. The van der Waals surface area contributed by atoms with Crippen LogP contribution in [0.3, 0.4) is 0 Å². The minimum Gasteiger partial charge on any atom is -0.481 e. The van der Waals surface area contributed by atoms with Crippen LogP contribution in [0.4, 0.5) is 0 Å². The molecule has 0 aliphatic rings. The molecule has 0 amide bonds. The van der Waals surface area contributed by atoms with Gasteiger partial charge in [0.1, 0.15) is 5.78 Å². The Labute approximate surface area is 91.3 Å². The zero-order valence-electron chi connectivity index (χ0n) is 9.82. The van der Waals surface area contributed by atoms with Gasteiger partial charge in [-0.05, 0) is 26.8 Å². The quantitative estimate of drug-likeness (QED) is 0.667. The molecule has 0 fully saturated rings. The molecule has 0 saturated carbocycles. The van der Waals surface area contributed by atoms with E-state index in [2.05, 4.69) is 6.92 Å². The lowest BCUT2D eigenvalue weighted by atomic mass is 10.1. The van der Waals surface area contributed by atoms with Crippen molar-refractivity contribution >= 4 is 11.8 Å². The van der Waals surface area contributed by atoms with Crippen molar-refractivity contribution in [3.63, 3.8) is 0 Å². The number of hydrogen-bond acceptors (Lipinski definition) is 3. The number of nitrogens with zero attached hydrogens (tertiary/aromatic N) is 1. The average molecular weight is 215 g/mol. The molecule has 0 aromatic carbocycles. The summed E-state index contributed by atoms with van der Waals surface area (Å²) in [7, 11) is 0. The molecule has 88 valence electrons. The second kappa shape index (κ2) is 7.40. The van der Waals surface area contributed by atoms with Crippen LogP contribution in [0.15, 0.2) is 0 Å². The Balaban J connectivity index is 4.16. The highest BCUT2D eigenvalue weighted by atomic mass is 16.4. The number of carboxylic acids is 1. The molecule has 0 bridgehead atoms. The number of carboxylic acid groups (broad SMARTS) is 1. The zero-order chi connectivity index (χ0) is 11.8. The molecule has 0 saturated heterocycles. The summed E-state index contributed by atoms with van der Waals surface area (Å²) in [5.41, 5.74) is 0. The number of hydrogen-bond donors (Lipinski definition) is 1. The molecule has 0 spiro atoms. The van der Waals surface area contributed by atoms with E-state index in [4.69, 9.17) is 5.11 Å². The smallest absolute Gasteiger partial charge is 0.304 e. The molecule has 1 atom stereocenters. The third-order valence-corrected chi connectivity index (χ3v) is 2.55. The van der Waals surface area contributed by atoms with Gasteiger partial charge in [-0.1, -0.05) is 13.3 Å². The lowest BCUT2D eigenvalue weighted by Gasteiger charge is -2.26. The number of carbonyl (C=O) groups excluding carboxylic acids is 1. The number of unbranched alkanes of at least 4 members (excludes halogenated alkanes) is 1. The van der Waals surface area contributed by atoms with Crippen molar-refractivity contribution in [2.24, 2.45) is 0 Å². The topological polar surface area (TPSA) is 57.6 Å². The van der Waals surface area contributed by atoms with Gasteiger partial charge in [0.2, 0.25) is 0 Å². The maximum Gasteiger partial charge on any atom is 0.304 e. The predicted octanol–water partition coefficient (Wildman–Crippen LogP) is 1.54. The predicted molar refractivity (Wildman–Crippen MR) is 58.9 cm³/mol. The van der Waals surface area contributed by atoms with E-state index >= 15 is 0 Å². The third-order valence-electron chi connectivity index (χ3n) is 2.55. The summed E-state index contributed by atoms with van der Waals surface area (Å²) in [6.45, 7) is 6.71. The monoisotopic (exact) mass is 215 g/mol. The van der Waals surface area contributed by atoms with Crippen molar-refractivity contribution in [3.05, 3.63) is 0 Å². The molecule has 0 rings (SSSR count). The highest BCUT2D eigenvalue weighted by Gasteiger charge is 2.17. The maximum absolute atomic E-state index is 11.2. The van der Waals surface area contributed by atoms with E-state index in [9.17, 15) is 9.59 Å². The highest BCUT2D eigenvalue weighted by molar-refractivity contribution is 5.81. The molecule has 0 radical (unpaired) electrons. The fraction of sp³-hybridized carbons (Fsp3) is 0.818. The van der Waals surface area contributed by atoms with Gasteiger partial charge < -0.3 is 5.11 Å². The SMILES string of the molecule is CCCCN(CCC(=O)O)C(C)C(C)=O. The average Bonchev–Trinajstić information content (AvgIpc) is 2.16. The van der Waals surface area contributed by atoms with E-state index in [1.165, 1.54) is 0 Å².